The molecular weight excluding hydrogens is 453 g/mol. The van der Waals surface area contributed by atoms with Crippen molar-refractivity contribution in [2.45, 2.75) is 38.6 Å². The van der Waals surface area contributed by atoms with Gasteiger partial charge in [-0.1, -0.05) is 18.2 Å². The summed E-state index contributed by atoms with van der Waals surface area (Å²) in [5, 5.41) is 30.4. The fraction of sp³-hybridized carbons (Fsp3) is 0.364. The van der Waals surface area contributed by atoms with Crippen LogP contribution in [0.25, 0.3) is 0 Å². The number of hydrogen-bond donors (Lipinski definition) is 3. The zero-order chi connectivity index (χ0) is 24.2. The van der Waals surface area contributed by atoms with Gasteiger partial charge >= 0.3 is 29.6 Å². The fourth-order valence-electron chi connectivity index (χ4n) is 3.07. The van der Waals surface area contributed by atoms with E-state index >= 15 is 0 Å². The molecular formula is C22H26N5NaO6. The Kier molecular flexibility index (Phi) is 12.8. The Hall–Kier alpha value is -3.02. The predicted octanol–water partition coefficient (Wildman–Crippen LogP) is -2.00. The number of nitrogens with zero attached hydrogens (tertiary/aromatic N) is 2. The zero-order valence-corrected chi connectivity index (χ0v) is 21.2. The van der Waals surface area contributed by atoms with Gasteiger partial charge in [-0.25, -0.2) is 4.98 Å². The van der Waals surface area contributed by atoms with Crippen LogP contribution >= 0.6 is 0 Å². The van der Waals surface area contributed by atoms with E-state index in [4.69, 9.17) is 0 Å². The molecule has 34 heavy (non-hydrogen) atoms. The van der Waals surface area contributed by atoms with Crippen molar-refractivity contribution >= 4 is 29.3 Å². The van der Waals surface area contributed by atoms with Crippen molar-refractivity contribution < 1.29 is 54.0 Å². The number of anilines is 1. The summed E-state index contributed by atoms with van der Waals surface area (Å²) in [5.74, 6) is -1.60. The minimum atomic E-state index is -1.42. The molecule has 0 aliphatic rings. The average molecular weight is 479 g/mol. The van der Waals surface area contributed by atoms with E-state index in [1.807, 2.05) is 18.2 Å². The number of nitrogens with one attached hydrogen (secondary N) is 3. The van der Waals surface area contributed by atoms with Crippen LogP contribution in [0.3, 0.4) is 0 Å². The molecule has 0 aliphatic carbocycles. The van der Waals surface area contributed by atoms with Gasteiger partial charge in [0.2, 0.25) is 11.8 Å². The van der Waals surface area contributed by atoms with Crippen LogP contribution in [0.5, 0.6) is 0 Å². The Morgan fingerprint density at radius 1 is 1.12 bits per heavy atom. The van der Waals surface area contributed by atoms with E-state index in [2.05, 4.69) is 20.9 Å². The maximum atomic E-state index is 12.2. The molecule has 0 aliphatic heterocycles. The second kappa shape index (κ2) is 15.0. The molecule has 0 saturated heterocycles. The van der Waals surface area contributed by atoms with Crippen LogP contribution in [0.2, 0.25) is 0 Å². The van der Waals surface area contributed by atoms with E-state index < -0.39 is 29.3 Å². The molecule has 0 bridgehead atoms. The smallest absolute Gasteiger partial charge is 0.550 e. The fourth-order valence-corrected chi connectivity index (χ4v) is 3.07. The molecule has 1 atom stereocenters. The monoisotopic (exact) mass is 479 g/mol. The van der Waals surface area contributed by atoms with Crippen LogP contribution in [0.15, 0.2) is 42.6 Å². The summed E-state index contributed by atoms with van der Waals surface area (Å²) >= 11 is 0. The molecule has 12 heteroatoms. The van der Waals surface area contributed by atoms with Gasteiger partial charge in [0.25, 0.3) is 5.69 Å². The SMILES string of the molecule is Cc1ccc(C(CC(=O)[O-])NC(=O)CNC(=O)CCCCNc2ccccn2)cc1[N+](=O)[O-].[Na+]. The molecule has 0 fully saturated rings. The number of aliphatic carboxylic acids is 1. The van der Waals surface area contributed by atoms with Gasteiger partial charge in [-0.05, 0) is 37.5 Å². The Morgan fingerprint density at radius 3 is 2.53 bits per heavy atom. The van der Waals surface area contributed by atoms with Crippen LogP contribution in [0, 0.1) is 17.0 Å². The molecule has 1 aromatic heterocycles. The third-order valence-corrected chi connectivity index (χ3v) is 4.79. The van der Waals surface area contributed by atoms with Crippen LogP contribution < -0.4 is 50.6 Å². The van der Waals surface area contributed by atoms with E-state index in [1.54, 1.807) is 13.1 Å². The molecule has 0 spiro atoms. The molecule has 0 saturated carbocycles. The summed E-state index contributed by atoms with van der Waals surface area (Å²) < 4.78 is 0. The Morgan fingerprint density at radius 2 is 1.88 bits per heavy atom. The number of carbonyl (C=O) groups excluding carboxylic acids is 3. The van der Waals surface area contributed by atoms with Crippen molar-refractivity contribution in [1.29, 1.82) is 0 Å². The molecule has 176 valence electrons. The van der Waals surface area contributed by atoms with Crippen LogP contribution in [-0.2, 0) is 14.4 Å². The number of pyridine rings is 1. The standard InChI is InChI=1S/C22H27N5O6.Na/c1-15-8-9-16(12-18(15)27(32)33)17(13-22(30)31)26-21(29)14-25-20(28)7-3-5-11-24-19-6-2-4-10-23-19;/h2,4,6,8-10,12,17H,3,5,7,11,13-14H2,1H3,(H,23,24)(H,25,28)(H,26,29)(H,30,31);/q;+1/p-1. The van der Waals surface area contributed by atoms with Crippen molar-refractivity contribution in [3.63, 3.8) is 0 Å². The average Bonchev–Trinajstić information content (AvgIpc) is 2.77. The van der Waals surface area contributed by atoms with Gasteiger partial charge in [0, 0.05) is 43.2 Å². The molecule has 0 radical (unpaired) electrons. The minimum Gasteiger partial charge on any atom is -0.550 e. The van der Waals surface area contributed by atoms with Crippen molar-refractivity contribution in [3.05, 3.63) is 63.8 Å². The number of nitro benzene ring substituents is 1. The second-order valence-electron chi connectivity index (χ2n) is 7.37. The first-order valence-corrected chi connectivity index (χ1v) is 10.4. The number of unbranched alkanes of at least 4 members (excludes halogenated alkanes) is 1. The predicted molar refractivity (Wildman–Crippen MR) is 118 cm³/mol. The zero-order valence-electron chi connectivity index (χ0n) is 19.2. The maximum absolute atomic E-state index is 12.2. The maximum Gasteiger partial charge on any atom is 1.00 e. The molecule has 1 heterocycles. The number of aromatic nitrogens is 1. The second-order valence-corrected chi connectivity index (χ2v) is 7.37. The molecule has 3 N–H and O–H groups in total. The minimum absolute atomic E-state index is 0. The summed E-state index contributed by atoms with van der Waals surface area (Å²) in [5.41, 5.74) is 0.484. The number of nitro groups is 1. The summed E-state index contributed by atoms with van der Waals surface area (Å²) in [4.78, 5) is 50.0. The number of hydrogen-bond acceptors (Lipinski definition) is 8. The van der Waals surface area contributed by atoms with Crippen LogP contribution in [0.1, 0.15) is 42.9 Å². The molecule has 11 nitrogen and oxygen atoms in total. The quantitative estimate of drug-likeness (QED) is 0.128. The van der Waals surface area contributed by atoms with Gasteiger partial charge < -0.3 is 25.9 Å². The first-order chi connectivity index (χ1) is 15.8. The van der Waals surface area contributed by atoms with Crippen LogP contribution in [-0.4, -0.2) is 40.8 Å². The number of benzene rings is 1. The number of carboxylic acid groups (broad SMARTS) is 1. The number of carboxylic acids is 1. The van der Waals surface area contributed by atoms with Crippen molar-refractivity contribution in [1.82, 2.24) is 15.6 Å². The number of amides is 2. The van der Waals surface area contributed by atoms with Crippen molar-refractivity contribution in [2.24, 2.45) is 0 Å². The first-order valence-electron chi connectivity index (χ1n) is 10.4. The number of aryl methyl sites for hydroxylation is 1. The van der Waals surface area contributed by atoms with E-state index in [0.29, 0.717) is 18.5 Å². The van der Waals surface area contributed by atoms with E-state index in [0.717, 1.165) is 12.2 Å². The van der Waals surface area contributed by atoms with Crippen molar-refractivity contribution in [2.75, 3.05) is 18.4 Å². The Labute approximate surface area is 219 Å². The van der Waals surface area contributed by atoms with E-state index in [1.165, 1.54) is 18.2 Å². The summed E-state index contributed by atoms with van der Waals surface area (Å²) in [6, 6.07) is 8.70. The van der Waals surface area contributed by atoms with Gasteiger partial charge in [-0.3, -0.25) is 19.7 Å². The summed E-state index contributed by atoms with van der Waals surface area (Å²) in [6.07, 6.45) is 2.68. The molecule has 1 aromatic carbocycles. The van der Waals surface area contributed by atoms with E-state index in [9.17, 15) is 29.6 Å². The Balaban J connectivity index is 0.00000578. The Bertz CT molecular complexity index is 989. The third kappa shape index (κ3) is 10.3. The number of carbonyl (C=O) groups is 3. The molecule has 1 unspecified atom stereocenters. The molecule has 2 aromatic rings. The van der Waals surface area contributed by atoms with Crippen molar-refractivity contribution in [3.8, 4) is 0 Å². The van der Waals surface area contributed by atoms with Gasteiger partial charge in [-0.2, -0.15) is 0 Å². The summed E-state index contributed by atoms with van der Waals surface area (Å²) in [6.45, 7) is 1.86. The third-order valence-electron chi connectivity index (χ3n) is 4.79. The van der Waals surface area contributed by atoms with Gasteiger partial charge in [-0.15, -0.1) is 0 Å². The normalized spacial score (nSPS) is 11.0. The summed E-state index contributed by atoms with van der Waals surface area (Å²) in [7, 11) is 0. The molecule has 2 amide bonds. The number of rotatable bonds is 13. The largest absolute Gasteiger partial charge is 1.00 e. The molecule has 2 rings (SSSR count). The van der Waals surface area contributed by atoms with Gasteiger partial charge in [0.1, 0.15) is 5.82 Å². The van der Waals surface area contributed by atoms with Crippen LogP contribution in [0.4, 0.5) is 11.5 Å². The first kappa shape index (κ1) is 29.0. The van der Waals surface area contributed by atoms with E-state index in [-0.39, 0.29) is 59.7 Å². The topological polar surface area (TPSA) is 166 Å². The van der Waals surface area contributed by atoms with Gasteiger partial charge in [0.05, 0.1) is 17.5 Å². The van der Waals surface area contributed by atoms with Gasteiger partial charge in [0.15, 0.2) is 0 Å².